The van der Waals surface area contributed by atoms with E-state index in [1.54, 1.807) is 0 Å². The molecule has 3 N–H and O–H groups in total. The molecular weight excluding hydrogens is 504 g/mol. The molecule has 2 aromatic carbocycles. The Morgan fingerprint density at radius 1 is 1.06 bits per heavy atom. The van der Waals surface area contributed by atoms with E-state index in [2.05, 4.69) is 35.8 Å². The van der Waals surface area contributed by atoms with Gasteiger partial charge < -0.3 is 10.6 Å². The number of carbonyl (C=O) groups excluding carboxylic acids is 1. The summed E-state index contributed by atoms with van der Waals surface area (Å²) < 4.78 is 54.7. The first-order valence-corrected chi connectivity index (χ1v) is 14.0. The molecule has 1 amide bonds. The van der Waals surface area contributed by atoms with Crippen LogP contribution < -0.4 is 15.4 Å². The van der Waals surface area contributed by atoms with Gasteiger partial charge in [-0.05, 0) is 54.8 Å². The molecule has 6 nitrogen and oxygen atoms in total. The van der Waals surface area contributed by atoms with Crippen molar-refractivity contribution in [3.05, 3.63) is 77.3 Å². The Morgan fingerprint density at radius 3 is 2.47 bits per heavy atom. The molecule has 10 heteroatoms. The van der Waals surface area contributed by atoms with Crippen LogP contribution in [0, 0.1) is 17.6 Å². The molecule has 1 heterocycles. The van der Waals surface area contributed by atoms with Gasteiger partial charge in [0.25, 0.3) is 5.91 Å². The summed E-state index contributed by atoms with van der Waals surface area (Å²) in [6.45, 7) is 8.88. The van der Waals surface area contributed by atoms with Crippen LogP contribution in [0.4, 0.5) is 8.78 Å². The summed E-state index contributed by atoms with van der Waals surface area (Å²) in [5.41, 5.74) is 0.687. The second kappa shape index (κ2) is 12.4. The van der Waals surface area contributed by atoms with Crippen LogP contribution in [0.15, 0.2) is 65.7 Å². The van der Waals surface area contributed by atoms with Crippen molar-refractivity contribution in [3.63, 3.8) is 0 Å². The van der Waals surface area contributed by atoms with Gasteiger partial charge in [0.2, 0.25) is 10.0 Å². The molecule has 0 unspecified atom stereocenters. The maximum absolute atomic E-state index is 13.8. The molecule has 0 saturated heterocycles. The highest BCUT2D eigenvalue weighted by molar-refractivity contribution is 7.89. The van der Waals surface area contributed by atoms with Gasteiger partial charge in [-0.25, -0.2) is 21.9 Å². The van der Waals surface area contributed by atoms with E-state index in [1.165, 1.54) is 11.3 Å². The zero-order valence-corrected chi connectivity index (χ0v) is 21.9. The molecule has 1 atom stereocenters. The summed E-state index contributed by atoms with van der Waals surface area (Å²) in [6, 6.07) is 11.8. The van der Waals surface area contributed by atoms with Gasteiger partial charge in [-0.3, -0.25) is 4.79 Å². The lowest BCUT2D eigenvalue weighted by Gasteiger charge is -2.24. The van der Waals surface area contributed by atoms with Crippen LogP contribution in [0.3, 0.4) is 0 Å². The van der Waals surface area contributed by atoms with Gasteiger partial charge >= 0.3 is 0 Å². The molecule has 3 rings (SSSR count). The maximum Gasteiger partial charge on any atom is 0.261 e. The summed E-state index contributed by atoms with van der Waals surface area (Å²) in [5, 5.41) is 7.34. The van der Waals surface area contributed by atoms with E-state index >= 15 is 0 Å². The molecule has 3 aromatic rings. The van der Waals surface area contributed by atoms with Gasteiger partial charge in [0.1, 0.15) is 16.5 Å². The maximum atomic E-state index is 13.8. The Hall–Kier alpha value is -2.82. The highest BCUT2D eigenvalue weighted by atomic mass is 32.2. The summed E-state index contributed by atoms with van der Waals surface area (Å²) >= 11 is 1.45. The van der Waals surface area contributed by atoms with Crippen LogP contribution in [0.1, 0.15) is 42.8 Å². The van der Waals surface area contributed by atoms with Crippen molar-refractivity contribution in [1.29, 1.82) is 0 Å². The summed E-state index contributed by atoms with van der Waals surface area (Å²) in [7, 11) is -4.06. The van der Waals surface area contributed by atoms with Crippen molar-refractivity contribution < 1.29 is 22.0 Å². The first-order valence-electron chi connectivity index (χ1n) is 11.7. The van der Waals surface area contributed by atoms with Crippen LogP contribution in [0.25, 0.3) is 10.1 Å². The van der Waals surface area contributed by atoms with Gasteiger partial charge in [-0.2, -0.15) is 0 Å². The molecule has 0 spiro atoms. The van der Waals surface area contributed by atoms with Crippen molar-refractivity contribution in [2.45, 2.75) is 44.0 Å². The summed E-state index contributed by atoms with van der Waals surface area (Å²) in [6.07, 6.45) is 1.82. The largest absolute Gasteiger partial charge is 0.387 e. The van der Waals surface area contributed by atoms with Crippen molar-refractivity contribution >= 4 is 37.4 Å². The molecule has 36 heavy (non-hydrogen) atoms. The normalized spacial score (nSPS) is 12.6. The number of hydrogen-bond acceptors (Lipinski definition) is 5. The lowest BCUT2D eigenvalue weighted by molar-refractivity contribution is 0.0942. The van der Waals surface area contributed by atoms with E-state index in [0.29, 0.717) is 48.4 Å². The van der Waals surface area contributed by atoms with E-state index in [9.17, 15) is 22.0 Å². The van der Waals surface area contributed by atoms with Crippen molar-refractivity contribution in [2.75, 3.05) is 13.1 Å². The summed E-state index contributed by atoms with van der Waals surface area (Å²) in [5.74, 6) is -1.78. The first-order chi connectivity index (χ1) is 17.1. The van der Waals surface area contributed by atoms with E-state index in [1.807, 2.05) is 30.3 Å². The number of halogens is 2. The highest BCUT2D eigenvalue weighted by Gasteiger charge is 2.20. The fourth-order valence-corrected chi connectivity index (χ4v) is 5.78. The van der Waals surface area contributed by atoms with Crippen molar-refractivity contribution in [3.8, 4) is 0 Å². The quantitative estimate of drug-likeness (QED) is 0.263. The minimum absolute atomic E-state index is 0.103. The summed E-state index contributed by atoms with van der Waals surface area (Å²) in [4.78, 5) is 13.0. The molecule has 0 saturated carbocycles. The van der Waals surface area contributed by atoms with Gasteiger partial charge in [0.05, 0.1) is 10.9 Å². The fraction of sp³-hybridized carbons (Fsp3) is 0.346. The van der Waals surface area contributed by atoms with E-state index in [4.69, 9.17) is 0 Å². The Kier molecular flexibility index (Phi) is 9.58. The number of amides is 1. The van der Waals surface area contributed by atoms with Gasteiger partial charge in [0, 0.05) is 29.6 Å². The topological polar surface area (TPSA) is 87.3 Å². The average Bonchev–Trinajstić information content (AvgIpc) is 3.24. The van der Waals surface area contributed by atoms with Gasteiger partial charge in [-0.15, -0.1) is 11.3 Å². The van der Waals surface area contributed by atoms with Crippen LogP contribution in [0.2, 0.25) is 0 Å². The third-order valence-corrected chi connectivity index (χ3v) is 8.12. The Labute approximate surface area is 214 Å². The number of thiophene rings is 1. The molecule has 0 aliphatic carbocycles. The number of unbranched alkanes of at least 4 members (excludes halogenated alkanes) is 1. The smallest absolute Gasteiger partial charge is 0.261 e. The number of sulfonamides is 1. The SMILES string of the molecule is C=C(NCCCCNS(=O)(=O)c1ccc(F)cc1F)[C@H](CC(C)C)NC(=O)c1cc2ccccc2s1. The van der Waals surface area contributed by atoms with E-state index in [-0.39, 0.29) is 18.5 Å². The zero-order valence-electron chi connectivity index (χ0n) is 20.3. The molecule has 0 radical (unpaired) electrons. The van der Waals surface area contributed by atoms with Crippen LogP contribution >= 0.6 is 11.3 Å². The molecule has 194 valence electrons. The Bertz CT molecular complexity index is 1290. The van der Waals surface area contributed by atoms with E-state index < -0.39 is 26.6 Å². The number of benzene rings is 2. The van der Waals surface area contributed by atoms with Crippen LogP contribution in [-0.4, -0.2) is 33.5 Å². The van der Waals surface area contributed by atoms with Crippen LogP contribution in [0.5, 0.6) is 0 Å². The standard InChI is InChI=1S/C26H31F2N3O3S2/c1-17(2)14-22(31-26(32)24-15-19-8-4-5-9-23(19)35-24)18(3)29-12-6-7-13-30-36(33,34)25-11-10-20(27)16-21(25)28/h4-5,8-11,15-17,22,29-30H,3,6-7,12-14H2,1-2H3,(H,31,32)/t22-/m0/s1. The number of rotatable bonds is 13. The number of fused-ring (bicyclic) bond motifs is 1. The van der Waals surface area contributed by atoms with Gasteiger partial charge in [0.15, 0.2) is 0 Å². The number of hydrogen-bond donors (Lipinski definition) is 3. The molecule has 0 fully saturated rings. The van der Waals surface area contributed by atoms with E-state index in [0.717, 1.165) is 22.2 Å². The second-order valence-electron chi connectivity index (χ2n) is 8.94. The average molecular weight is 536 g/mol. The molecular formula is C26H31F2N3O3S2. The zero-order chi connectivity index (χ0) is 26.3. The Morgan fingerprint density at radius 2 is 1.78 bits per heavy atom. The minimum atomic E-state index is -4.06. The number of carbonyl (C=O) groups is 1. The number of nitrogens with one attached hydrogen (secondary N) is 3. The van der Waals surface area contributed by atoms with Crippen molar-refractivity contribution in [2.24, 2.45) is 5.92 Å². The molecule has 0 bridgehead atoms. The second-order valence-corrected chi connectivity index (χ2v) is 11.8. The third-order valence-electron chi connectivity index (χ3n) is 5.51. The monoisotopic (exact) mass is 535 g/mol. The third kappa shape index (κ3) is 7.59. The predicted octanol–water partition coefficient (Wildman–Crippen LogP) is 5.19. The Balaban J connectivity index is 1.47. The highest BCUT2D eigenvalue weighted by Crippen LogP contribution is 2.25. The molecule has 1 aromatic heterocycles. The minimum Gasteiger partial charge on any atom is -0.387 e. The lowest BCUT2D eigenvalue weighted by atomic mass is 10.0. The fourth-order valence-electron chi connectivity index (χ4n) is 3.68. The van der Waals surface area contributed by atoms with Crippen molar-refractivity contribution in [1.82, 2.24) is 15.4 Å². The predicted molar refractivity (Wildman–Crippen MR) is 140 cm³/mol. The molecule has 0 aliphatic heterocycles. The van der Waals surface area contributed by atoms with Gasteiger partial charge in [-0.1, -0.05) is 38.6 Å². The first kappa shape index (κ1) is 27.8. The lowest BCUT2D eigenvalue weighted by Crippen LogP contribution is -2.41. The van der Waals surface area contributed by atoms with Crippen LogP contribution in [-0.2, 0) is 10.0 Å². The molecule has 0 aliphatic rings.